The molecule has 0 aromatic heterocycles. The monoisotopic (exact) mass is 392 g/mol. The van der Waals surface area contributed by atoms with E-state index in [0.717, 1.165) is 64.2 Å². The van der Waals surface area contributed by atoms with Gasteiger partial charge < -0.3 is 9.31 Å². The van der Waals surface area contributed by atoms with E-state index in [0.29, 0.717) is 0 Å². The largest absolute Gasteiger partial charge is 0.430 e. The van der Waals surface area contributed by atoms with Crippen molar-refractivity contribution in [1.82, 2.24) is 0 Å². The summed E-state index contributed by atoms with van der Waals surface area (Å²) in [5.74, 6) is 0. The van der Waals surface area contributed by atoms with Crippen molar-refractivity contribution in [3.63, 3.8) is 0 Å². The maximum atomic E-state index is 7.41. The third kappa shape index (κ3) is 3.98. The molecule has 1 aliphatic heterocycles. The zero-order chi connectivity index (χ0) is 21.6. The normalized spacial score (nSPS) is 19.9. The highest BCUT2D eigenvalue weighted by atomic mass is 16.5. The molecule has 0 atom stereocenters. The molecular formula is C24H50B2O2. The lowest BCUT2D eigenvalue weighted by atomic mass is 9.26. The fourth-order valence-electron chi connectivity index (χ4n) is 6.36. The Hall–Kier alpha value is 0.0499. The summed E-state index contributed by atoms with van der Waals surface area (Å²) in [4.78, 5) is 0. The Bertz CT molecular complexity index is 391. The van der Waals surface area contributed by atoms with Crippen LogP contribution in [0, 0.1) is 0 Å². The summed E-state index contributed by atoms with van der Waals surface area (Å²) < 4.78 is 14.8. The summed E-state index contributed by atoms with van der Waals surface area (Å²) in [5, 5.41) is 0.389. The van der Waals surface area contributed by atoms with Crippen LogP contribution in [0.3, 0.4) is 0 Å². The van der Waals surface area contributed by atoms with Crippen molar-refractivity contribution in [1.29, 1.82) is 0 Å². The van der Waals surface area contributed by atoms with Crippen LogP contribution in [-0.4, -0.2) is 24.8 Å². The van der Waals surface area contributed by atoms with E-state index in [1.54, 1.807) is 0 Å². The van der Waals surface area contributed by atoms with Gasteiger partial charge in [0.1, 0.15) is 0 Å². The second-order valence-electron chi connectivity index (χ2n) is 9.39. The molecule has 1 heterocycles. The third-order valence-corrected chi connectivity index (χ3v) is 9.39. The van der Waals surface area contributed by atoms with E-state index in [2.05, 4.69) is 69.2 Å². The Morgan fingerprint density at radius 1 is 0.464 bits per heavy atom. The molecule has 2 nitrogen and oxygen atoms in total. The lowest BCUT2D eigenvalue weighted by molar-refractivity contribution is -0.0133. The topological polar surface area (TPSA) is 18.5 Å². The predicted molar refractivity (Wildman–Crippen MR) is 127 cm³/mol. The first-order chi connectivity index (χ1) is 13.3. The van der Waals surface area contributed by atoms with E-state index in [1.807, 2.05) is 0 Å². The third-order valence-electron chi connectivity index (χ3n) is 9.39. The fraction of sp³-hybridized carbons (Fsp3) is 1.00. The van der Waals surface area contributed by atoms with Crippen LogP contribution in [0.2, 0.25) is 10.6 Å². The highest BCUT2D eigenvalue weighted by molar-refractivity contribution is 6.68. The molecule has 0 unspecified atom stereocenters. The number of hydrogen-bond acceptors (Lipinski definition) is 2. The van der Waals surface area contributed by atoms with E-state index in [-0.39, 0.29) is 35.5 Å². The molecule has 0 bridgehead atoms. The Labute approximate surface area is 178 Å². The second kappa shape index (κ2) is 10.4. The van der Waals surface area contributed by atoms with E-state index < -0.39 is 0 Å². The van der Waals surface area contributed by atoms with Gasteiger partial charge in [-0.05, 0) is 36.3 Å². The van der Waals surface area contributed by atoms with Gasteiger partial charge in [0.15, 0.2) is 0 Å². The summed E-state index contributed by atoms with van der Waals surface area (Å²) in [6.07, 6.45) is 11.1. The van der Waals surface area contributed by atoms with Gasteiger partial charge in [0.05, 0.1) is 11.0 Å². The van der Waals surface area contributed by atoms with Crippen molar-refractivity contribution in [3.8, 4) is 0 Å². The quantitative estimate of drug-likeness (QED) is 0.312. The average molecular weight is 392 g/mol. The molecule has 28 heavy (non-hydrogen) atoms. The number of rotatable bonds is 12. The van der Waals surface area contributed by atoms with E-state index >= 15 is 0 Å². The molecule has 0 aliphatic carbocycles. The fourth-order valence-corrected chi connectivity index (χ4v) is 6.36. The molecule has 0 N–H and O–H groups in total. The van der Waals surface area contributed by atoms with Gasteiger partial charge in [0.2, 0.25) is 0 Å². The van der Waals surface area contributed by atoms with Crippen LogP contribution in [-0.2, 0) is 9.31 Å². The molecule has 0 spiro atoms. The maximum absolute atomic E-state index is 7.41. The Balaban J connectivity index is 3.68. The highest BCUT2D eigenvalue weighted by Gasteiger charge is 2.66. The lowest BCUT2D eigenvalue weighted by Crippen LogP contribution is -2.73. The van der Waals surface area contributed by atoms with E-state index in [9.17, 15) is 0 Å². The van der Waals surface area contributed by atoms with Gasteiger partial charge in [0.25, 0.3) is 0 Å². The Morgan fingerprint density at radius 3 is 0.821 bits per heavy atom. The van der Waals surface area contributed by atoms with Gasteiger partial charge in [-0.15, -0.1) is 0 Å². The first kappa shape index (κ1) is 26.1. The van der Waals surface area contributed by atoms with Gasteiger partial charge in [-0.25, -0.2) is 0 Å². The standard InChI is InChI=1S/C24H50B2O2/c1-11-21(12-2,13-3)25-23(17-7,18-8)28-26(22(14-4,15-5)16-6)24(19-9,20-10)27-25/h11-20H2,1-10H3. The molecule has 1 saturated heterocycles. The summed E-state index contributed by atoms with van der Waals surface area (Å²) >= 11 is 0. The SMILES string of the molecule is CCC(CC)(CC)B1OC(CC)(CC)B(C(CC)(CC)CC)OC1(CC)CC. The molecule has 1 aliphatic rings. The highest BCUT2D eigenvalue weighted by Crippen LogP contribution is 2.58. The zero-order valence-electron chi connectivity index (χ0n) is 21.0. The molecular weight excluding hydrogens is 342 g/mol. The first-order valence-electron chi connectivity index (χ1n) is 12.6. The van der Waals surface area contributed by atoms with Crippen molar-refractivity contribution in [2.45, 2.75) is 155 Å². The molecule has 164 valence electrons. The van der Waals surface area contributed by atoms with Gasteiger partial charge in [-0.1, -0.05) is 108 Å². The Morgan fingerprint density at radius 2 is 0.679 bits per heavy atom. The minimum atomic E-state index is -0.175. The van der Waals surface area contributed by atoms with Crippen LogP contribution in [0.1, 0.15) is 133 Å². The average Bonchev–Trinajstić information content (AvgIpc) is 2.77. The molecule has 1 rings (SSSR count). The van der Waals surface area contributed by atoms with Gasteiger partial charge in [-0.3, -0.25) is 0 Å². The molecule has 0 aromatic rings. The molecule has 0 saturated carbocycles. The zero-order valence-corrected chi connectivity index (χ0v) is 21.0. The minimum Gasteiger partial charge on any atom is -0.430 e. The lowest BCUT2D eigenvalue weighted by Gasteiger charge is -2.61. The van der Waals surface area contributed by atoms with Crippen molar-refractivity contribution >= 4 is 13.8 Å². The summed E-state index contributed by atoms with van der Waals surface area (Å²) in [6, 6.07) is 0. The Kier molecular flexibility index (Phi) is 9.67. The predicted octanol–water partition coefficient (Wildman–Crippen LogP) is 8.15. The van der Waals surface area contributed by atoms with Gasteiger partial charge in [0, 0.05) is 0 Å². The van der Waals surface area contributed by atoms with Crippen LogP contribution in [0.5, 0.6) is 0 Å². The van der Waals surface area contributed by atoms with Crippen molar-refractivity contribution in [3.05, 3.63) is 0 Å². The van der Waals surface area contributed by atoms with Gasteiger partial charge >= 0.3 is 13.8 Å². The van der Waals surface area contributed by atoms with Crippen LogP contribution in [0.25, 0.3) is 0 Å². The second-order valence-corrected chi connectivity index (χ2v) is 9.39. The van der Waals surface area contributed by atoms with Crippen LogP contribution < -0.4 is 0 Å². The van der Waals surface area contributed by atoms with Crippen molar-refractivity contribution in [2.24, 2.45) is 0 Å². The smallest absolute Gasteiger partial charge is 0.329 e. The van der Waals surface area contributed by atoms with Crippen LogP contribution >= 0.6 is 0 Å². The first-order valence-corrected chi connectivity index (χ1v) is 12.6. The van der Waals surface area contributed by atoms with Gasteiger partial charge in [-0.2, -0.15) is 0 Å². The minimum absolute atomic E-state index is 0.175. The summed E-state index contributed by atoms with van der Waals surface area (Å²) in [5.41, 5.74) is -0.351. The van der Waals surface area contributed by atoms with Crippen molar-refractivity contribution in [2.75, 3.05) is 0 Å². The molecule has 0 radical (unpaired) electrons. The number of hydrogen-bond donors (Lipinski definition) is 0. The summed E-state index contributed by atoms with van der Waals surface area (Å²) in [7, 11) is 0. The maximum Gasteiger partial charge on any atom is 0.329 e. The molecule has 0 amide bonds. The molecule has 4 heteroatoms. The van der Waals surface area contributed by atoms with E-state index in [4.69, 9.17) is 9.31 Å². The van der Waals surface area contributed by atoms with E-state index in [1.165, 1.54) is 0 Å². The summed E-state index contributed by atoms with van der Waals surface area (Å²) in [6.45, 7) is 23.7. The molecule has 0 aromatic carbocycles. The molecule has 1 fully saturated rings. The van der Waals surface area contributed by atoms with Crippen LogP contribution in [0.4, 0.5) is 0 Å². The van der Waals surface area contributed by atoms with Crippen molar-refractivity contribution < 1.29 is 9.31 Å². The van der Waals surface area contributed by atoms with Crippen LogP contribution in [0.15, 0.2) is 0 Å².